The molecule has 0 aromatic heterocycles. The van der Waals surface area contributed by atoms with E-state index in [0.29, 0.717) is 0 Å². The Hall–Kier alpha value is -0.790. The molecule has 0 N–H and O–H groups in total. The van der Waals surface area contributed by atoms with Crippen LogP contribution in [-0.2, 0) is 4.84 Å². The minimum Gasteiger partial charge on any atom is -0.365 e. The number of nitrogens with zero attached hydrogens (tertiary/aromatic N) is 1. The minimum atomic E-state index is 1.11. The Morgan fingerprint density at radius 2 is 2.12 bits per heavy atom. The van der Waals surface area contributed by atoms with Gasteiger partial charge in [0.2, 0.25) is 0 Å². The lowest BCUT2D eigenvalue weighted by molar-refractivity contribution is 0.267. The molecule has 46 valence electrons. The average molecular weight is 113 g/mol. The van der Waals surface area contributed by atoms with E-state index in [0.717, 1.165) is 5.57 Å². The Morgan fingerprint density at radius 3 is 2.50 bits per heavy atom. The molecular formula is C6H11NO. The number of hydrogen-bond donors (Lipinski definition) is 0. The highest BCUT2D eigenvalue weighted by molar-refractivity contribution is 5.52. The summed E-state index contributed by atoms with van der Waals surface area (Å²) in [6.45, 7) is 5.70. The zero-order valence-corrected chi connectivity index (χ0v) is 5.51. The number of allylic oxidation sites excluding steroid dienone is 1. The van der Waals surface area contributed by atoms with Crippen molar-refractivity contribution >= 4 is 6.21 Å². The van der Waals surface area contributed by atoms with Crippen molar-refractivity contribution in [2.75, 3.05) is 0 Å². The van der Waals surface area contributed by atoms with Crippen LogP contribution in [0.3, 0.4) is 0 Å². The van der Waals surface area contributed by atoms with Crippen molar-refractivity contribution < 1.29 is 4.84 Å². The third kappa shape index (κ3) is 5.21. The Bertz CT molecular complexity index is 101. The maximum absolute atomic E-state index is 4.65. The molecule has 0 rings (SSSR count). The van der Waals surface area contributed by atoms with Crippen LogP contribution < -0.4 is 0 Å². The van der Waals surface area contributed by atoms with Gasteiger partial charge in [-0.2, -0.15) is 0 Å². The van der Waals surface area contributed by atoms with Crippen LogP contribution in [0.15, 0.2) is 17.0 Å². The van der Waals surface area contributed by atoms with Crippen LogP contribution in [0.4, 0.5) is 0 Å². The summed E-state index contributed by atoms with van der Waals surface area (Å²) >= 11 is 0. The van der Waals surface area contributed by atoms with Gasteiger partial charge in [-0.1, -0.05) is 5.16 Å². The summed E-state index contributed by atoms with van der Waals surface area (Å²) in [5, 5.41) is 3.51. The first-order valence-corrected chi connectivity index (χ1v) is 2.54. The molecule has 0 saturated heterocycles. The van der Waals surface area contributed by atoms with Crippen LogP contribution in [0.5, 0.6) is 0 Å². The smallest absolute Gasteiger partial charge is 0.120 e. The van der Waals surface area contributed by atoms with Gasteiger partial charge >= 0.3 is 0 Å². The first kappa shape index (κ1) is 7.21. The predicted molar refractivity (Wildman–Crippen MR) is 34.7 cm³/mol. The molecule has 0 radical (unpaired) electrons. The van der Waals surface area contributed by atoms with Crippen molar-refractivity contribution in [1.82, 2.24) is 0 Å². The number of rotatable bonds is 2. The van der Waals surface area contributed by atoms with Crippen LogP contribution in [0.2, 0.25) is 0 Å². The normalized spacial score (nSPS) is 9.38. The van der Waals surface area contributed by atoms with Crippen molar-refractivity contribution in [1.29, 1.82) is 0 Å². The van der Waals surface area contributed by atoms with Crippen molar-refractivity contribution in [3.05, 3.63) is 11.8 Å². The first-order valence-electron chi connectivity index (χ1n) is 2.54. The highest BCUT2D eigenvalue weighted by Crippen LogP contribution is 1.88. The lowest BCUT2D eigenvalue weighted by atomic mass is 10.4. The zero-order chi connectivity index (χ0) is 6.41. The summed E-state index contributed by atoms with van der Waals surface area (Å²) in [7, 11) is 0. The van der Waals surface area contributed by atoms with E-state index < -0.39 is 0 Å². The van der Waals surface area contributed by atoms with Gasteiger partial charge < -0.3 is 4.84 Å². The summed E-state index contributed by atoms with van der Waals surface area (Å²) in [6.07, 6.45) is 3.19. The fourth-order valence-electron chi connectivity index (χ4n) is 0.197. The van der Waals surface area contributed by atoms with E-state index in [-0.39, 0.29) is 0 Å². The highest BCUT2D eigenvalue weighted by atomic mass is 16.6. The summed E-state index contributed by atoms with van der Waals surface area (Å²) in [5.74, 6) is 0. The van der Waals surface area contributed by atoms with Crippen LogP contribution in [0, 0.1) is 0 Å². The van der Waals surface area contributed by atoms with Gasteiger partial charge in [0.15, 0.2) is 0 Å². The molecule has 0 aliphatic rings. The van der Waals surface area contributed by atoms with Crippen molar-refractivity contribution in [2.24, 2.45) is 5.16 Å². The standard InChI is InChI=1S/C6H11NO/c1-4-7-8-5-6(2)3/h4-5H,1-3H3/b7-4+. The molecule has 8 heavy (non-hydrogen) atoms. The molecule has 0 heterocycles. The molecule has 0 bridgehead atoms. The topological polar surface area (TPSA) is 21.6 Å². The van der Waals surface area contributed by atoms with Crippen molar-refractivity contribution in [3.63, 3.8) is 0 Å². The van der Waals surface area contributed by atoms with E-state index >= 15 is 0 Å². The Balaban J connectivity index is 3.30. The molecule has 0 spiro atoms. The second-order valence-electron chi connectivity index (χ2n) is 1.66. The van der Waals surface area contributed by atoms with E-state index in [4.69, 9.17) is 0 Å². The van der Waals surface area contributed by atoms with Gasteiger partial charge in [-0.3, -0.25) is 0 Å². The molecule has 0 atom stereocenters. The van der Waals surface area contributed by atoms with Crippen molar-refractivity contribution in [3.8, 4) is 0 Å². The molecule has 0 unspecified atom stereocenters. The summed E-state index contributed by atoms with van der Waals surface area (Å²) in [5.41, 5.74) is 1.11. The fourth-order valence-corrected chi connectivity index (χ4v) is 0.197. The van der Waals surface area contributed by atoms with Gasteiger partial charge in [0.05, 0.1) is 0 Å². The van der Waals surface area contributed by atoms with E-state index in [1.807, 2.05) is 13.8 Å². The number of oxime groups is 1. The summed E-state index contributed by atoms with van der Waals surface area (Å²) in [6, 6.07) is 0. The summed E-state index contributed by atoms with van der Waals surface area (Å²) < 4.78 is 0. The van der Waals surface area contributed by atoms with E-state index in [9.17, 15) is 0 Å². The first-order chi connectivity index (χ1) is 3.77. The third-order valence-electron chi connectivity index (χ3n) is 0.455. The molecule has 0 amide bonds. The second kappa shape index (κ2) is 4.37. The quantitative estimate of drug-likeness (QED) is 0.304. The molecule has 0 aromatic carbocycles. The Labute approximate surface area is 49.8 Å². The van der Waals surface area contributed by atoms with Gasteiger partial charge in [0.1, 0.15) is 6.26 Å². The monoisotopic (exact) mass is 113 g/mol. The second-order valence-corrected chi connectivity index (χ2v) is 1.66. The lowest BCUT2D eigenvalue weighted by Gasteiger charge is -1.86. The molecule has 0 saturated carbocycles. The van der Waals surface area contributed by atoms with Crippen molar-refractivity contribution in [2.45, 2.75) is 20.8 Å². The van der Waals surface area contributed by atoms with Gasteiger partial charge in [-0.25, -0.2) is 0 Å². The largest absolute Gasteiger partial charge is 0.365 e. The van der Waals surface area contributed by atoms with Crippen LogP contribution >= 0.6 is 0 Å². The molecular weight excluding hydrogens is 102 g/mol. The minimum absolute atomic E-state index is 1.11. The molecule has 0 aliphatic heterocycles. The van der Waals surface area contributed by atoms with Crippen LogP contribution in [0.1, 0.15) is 20.8 Å². The third-order valence-corrected chi connectivity index (χ3v) is 0.455. The van der Waals surface area contributed by atoms with Gasteiger partial charge in [0, 0.05) is 6.21 Å². The lowest BCUT2D eigenvalue weighted by Crippen LogP contribution is -1.69. The van der Waals surface area contributed by atoms with Gasteiger partial charge in [-0.05, 0) is 26.3 Å². The van der Waals surface area contributed by atoms with Gasteiger partial charge in [0.25, 0.3) is 0 Å². The molecule has 0 fully saturated rings. The molecule has 2 heteroatoms. The highest BCUT2D eigenvalue weighted by Gasteiger charge is 1.71. The zero-order valence-electron chi connectivity index (χ0n) is 5.51. The Morgan fingerprint density at radius 1 is 1.50 bits per heavy atom. The van der Waals surface area contributed by atoms with Crippen LogP contribution in [0.25, 0.3) is 0 Å². The Kier molecular flexibility index (Phi) is 3.94. The van der Waals surface area contributed by atoms with E-state index in [2.05, 4.69) is 9.99 Å². The molecule has 0 aromatic rings. The average Bonchev–Trinajstić information content (AvgIpc) is 1.66. The van der Waals surface area contributed by atoms with E-state index in [1.165, 1.54) is 0 Å². The predicted octanol–water partition coefficient (Wildman–Crippen LogP) is 1.93. The SMILES string of the molecule is C/C=N/OC=C(C)C. The maximum atomic E-state index is 4.65. The number of hydrogen-bond acceptors (Lipinski definition) is 2. The molecule has 2 nitrogen and oxygen atoms in total. The summed E-state index contributed by atoms with van der Waals surface area (Å²) in [4.78, 5) is 4.65. The fraction of sp³-hybridized carbons (Fsp3) is 0.500. The maximum Gasteiger partial charge on any atom is 0.120 e. The van der Waals surface area contributed by atoms with Gasteiger partial charge in [-0.15, -0.1) is 0 Å². The van der Waals surface area contributed by atoms with E-state index in [1.54, 1.807) is 19.4 Å². The molecule has 0 aliphatic carbocycles. The van der Waals surface area contributed by atoms with Crippen LogP contribution in [-0.4, -0.2) is 6.21 Å².